The third-order valence-electron chi connectivity index (χ3n) is 4.43. The van der Waals surface area contributed by atoms with Crippen molar-refractivity contribution >= 4 is 6.03 Å². The highest BCUT2D eigenvalue weighted by molar-refractivity contribution is 5.73. The molecule has 134 valence electrons. The molecule has 3 N–H and O–H groups in total. The summed E-state index contributed by atoms with van der Waals surface area (Å²) in [6, 6.07) is 9.93. The molecule has 0 radical (unpaired) electrons. The van der Waals surface area contributed by atoms with Crippen LogP contribution < -0.4 is 10.6 Å². The lowest BCUT2D eigenvalue weighted by molar-refractivity contribution is 0.0920. The van der Waals surface area contributed by atoms with Crippen LogP contribution in [0.5, 0.6) is 0 Å². The molecule has 5 nitrogen and oxygen atoms in total. The monoisotopic (exact) mass is 334 g/mol. The fourth-order valence-corrected chi connectivity index (χ4v) is 3.03. The molecule has 1 aliphatic carbocycles. The molecule has 0 heterocycles. The molecule has 1 aliphatic rings. The predicted octanol–water partition coefficient (Wildman–Crippen LogP) is 2.69. The molecule has 5 heteroatoms. The smallest absolute Gasteiger partial charge is 0.314 e. The Balaban J connectivity index is 1.52. The second-order valence-electron chi connectivity index (χ2n) is 6.88. The third kappa shape index (κ3) is 7.32. The zero-order valence-corrected chi connectivity index (χ0v) is 14.5. The number of carbonyl (C=O) groups is 1. The van der Waals surface area contributed by atoms with Gasteiger partial charge in [-0.1, -0.05) is 43.7 Å². The summed E-state index contributed by atoms with van der Waals surface area (Å²) in [5.74, 6) is 0.655. The van der Waals surface area contributed by atoms with Gasteiger partial charge in [0.2, 0.25) is 0 Å². The molecule has 0 spiro atoms. The van der Waals surface area contributed by atoms with E-state index in [0.29, 0.717) is 32.2 Å². The van der Waals surface area contributed by atoms with E-state index in [-0.39, 0.29) is 18.1 Å². The van der Waals surface area contributed by atoms with Crippen molar-refractivity contribution in [3.05, 3.63) is 35.9 Å². The van der Waals surface area contributed by atoms with Gasteiger partial charge in [0.05, 0.1) is 19.3 Å². The Hall–Kier alpha value is -1.59. The van der Waals surface area contributed by atoms with E-state index in [0.717, 1.165) is 31.2 Å². The highest BCUT2D eigenvalue weighted by Gasteiger charge is 2.20. The van der Waals surface area contributed by atoms with Crippen molar-refractivity contribution in [1.29, 1.82) is 0 Å². The molecule has 1 aromatic rings. The van der Waals surface area contributed by atoms with E-state index in [2.05, 4.69) is 17.6 Å². The van der Waals surface area contributed by atoms with Gasteiger partial charge in [-0.05, 0) is 36.7 Å². The van der Waals surface area contributed by atoms with Crippen LogP contribution in [0.4, 0.5) is 4.79 Å². The highest BCUT2D eigenvalue weighted by Crippen LogP contribution is 2.23. The maximum absolute atomic E-state index is 11.8. The van der Waals surface area contributed by atoms with E-state index < -0.39 is 0 Å². The highest BCUT2D eigenvalue weighted by atomic mass is 16.5. The first-order valence-electron chi connectivity index (χ1n) is 8.95. The molecule has 0 aliphatic heterocycles. The van der Waals surface area contributed by atoms with E-state index in [1.165, 1.54) is 0 Å². The van der Waals surface area contributed by atoms with Crippen molar-refractivity contribution in [1.82, 2.24) is 10.6 Å². The number of ether oxygens (including phenoxy) is 1. The average Bonchev–Trinajstić information content (AvgIpc) is 2.59. The van der Waals surface area contributed by atoms with E-state index in [1.54, 1.807) is 0 Å². The molecule has 2 amide bonds. The number of amides is 2. The largest absolute Gasteiger partial charge is 0.393 e. The Morgan fingerprint density at radius 1 is 1.29 bits per heavy atom. The number of hydrogen-bond donors (Lipinski definition) is 3. The number of benzene rings is 1. The lowest BCUT2D eigenvalue weighted by Gasteiger charge is -2.26. The molecule has 0 saturated heterocycles. The van der Waals surface area contributed by atoms with Gasteiger partial charge >= 0.3 is 6.03 Å². The van der Waals surface area contributed by atoms with Gasteiger partial charge in [0.25, 0.3) is 0 Å². The third-order valence-corrected chi connectivity index (χ3v) is 4.43. The molecule has 1 saturated carbocycles. The van der Waals surface area contributed by atoms with Crippen molar-refractivity contribution in [2.75, 3.05) is 19.7 Å². The summed E-state index contributed by atoms with van der Waals surface area (Å²) >= 11 is 0. The van der Waals surface area contributed by atoms with Crippen LogP contribution >= 0.6 is 0 Å². The van der Waals surface area contributed by atoms with Crippen LogP contribution in [0, 0.1) is 11.8 Å². The van der Waals surface area contributed by atoms with Crippen LogP contribution in [0.3, 0.4) is 0 Å². The summed E-state index contributed by atoms with van der Waals surface area (Å²) < 4.78 is 5.68. The van der Waals surface area contributed by atoms with Gasteiger partial charge in [0.1, 0.15) is 0 Å². The van der Waals surface area contributed by atoms with Crippen molar-refractivity contribution in [3.8, 4) is 0 Å². The Bertz CT molecular complexity index is 481. The minimum Gasteiger partial charge on any atom is -0.393 e. The van der Waals surface area contributed by atoms with Crippen molar-refractivity contribution in [2.24, 2.45) is 11.8 Å². The van der Waals surface area contributed by atoms with E-state index >= 15 is 0 Å². The normalized spacial score (nSPS) is 21.9. The maximum Gasteiger partial charge on any atom is 0.314 e. The molecule has 1 fully saturated rings. The van der Waals surface area contributed by atoms with Crippen molar-refractivity contribution in [3.63, 3.8) is 0 Å². The lowest BCUT2D eigenvalue weighted by atomic mass is 9.87. The van der Waals surface area contributed by atoms with Crippen LogP contribution in [-0.2, 0) is 11.3 Å². The number of aliphatic hydroxyl groups is 1. The van der Waals surface area contributed by atoms with Gasteiger partial charge in [-0.15, -0.1) is 0 Å². The van der Waals surface area contributed by atoms with Crippen molar-refractivity contribution < 1.29 is 14.6 Å². The Morgan fingerprint density at radius 2 is 2.08 bits per heavy atom. The quantitative estimate of drug-likeness (QED) is 0.684. The number of nitrogens with one attached hydrogen (secondary N) is 2. The topological polar surface area (TPSA) is 70.6 Å². The Kier molecular flexibility index (Phi) is 8.05. The number of urea groups is 1. The second kappa shape index (κ2) is 10.3. The second-order valence-corrected chi connectivity index (χ2v) is 6.88. The summed E-state index contributed by atoms with van der Waals surface area (Å²) in [4.78, 5) is 11.8. The first kappa shape index (κ1) is 18.7. The average molecular weight is 334 g/mol. The van der Waals surface area contributed by atoms with Crippen LogP contribution in [0.1, 0.15) is 38.2 Å². The number of aliphatic hydroxyl groups excluding tert-OH is 1. The summed E-state index contributed by atoms with van der Waals surface area (Å²) in [6.07, 6.45) is 3.62. The number of hydrogen-bond acceptors (Lipinski definition) is 3. The van der Waals surface area contributed by atoms with Gasteiger partial charge in [0, 0.05) is 13.1 Å². The maximum atomic E-state index is 11.8. The zero-order chi connectivity index (χ0) is 17.2. The van der Waals surface area contributed by atoms with E-state index in [1.807, 2.05) is 30.3 Å². The van der Waals surface area contributed by atoms with Gasteiger partial charge in [-0.3, -0.25) is 0 Å². The molecule has 2 rings (SSSR count). The molecular formula is C19H30N2O3. The fraction of sp³-hybridized carbons (Fsp3) is 0.632. The fourth-order valence-electron chi connectivity index (χ4n) is 3.03. The molecule has 3 unspecified atom stereocenters. The summed E-state index contributed by atoms with van der Waals surface area (Å²) in [5, 5.41) is 15.4. The Labute approximate surface area is 144 Å². The molecule has 0 bridgehead atoms. The summed E-state index contributed by atoms with van der Waals surface area (Å²) in [6.45, 7) is 4.50. The van der Waals surface area contributed by atoms with Crippen LogP contribution in [0.15, 0.2) is 30.3 Å². The zero-order valence-electron chi connectivity index (χ0n) is 14.5. The van der Waals surface area contributed by atoms with Gasteiger partial charge in [0.15, 0.2) is 0 Å². The van der Waals surface area contributed by atoms with Crippen LogP contribution in [0.2, 0.25) is 0 Å². The van der Waals surface area contributed by atoms with E-state index in [9.17, 15) is 9.90 Å². The van der Waals surface area contributed by atoms with E-state index in [4.69, 9.17) is 4.74 Å². The van der Waals surface area contributed by atoms with Crippen molar-refractivity contribution in [2.45, 2.75) is 45.3 Å². The first-order chi connectivity index (χ1) is 11.6. The van der Waals surface area contributed by atoms with Gasteiger partial charge < -0.3 is 20.5 Å². The summed E-state index contributed by atoms with van der Waals surface area (Å²) in [7, 11) is 0. The van der Waals surface area contributed by atoms with Gasteiger partial charge in [-0.25, -0.2) is 4.79 Å². The molecule has 24 heavy (non-hydrogen) atoms. The Morgan fingerprint density at radius 3 is 2.83 bits per heavy atom. The standard InChI is InChI=1S/C19H30N2O3/c1-15(13-24-14-16-6-3-2-4-7-16)11-20-19(23)21-12-17-8-5-9-18(22)10-17/h2-4,6-7,15,17-18,22H,5,8-14H2,1H3,(H2,20,21,23). The summed E-state index contributed by atoms with van der Waals surface area (Å²) in [5.41, 5.74) is 1.16. The molecule has 0 aromatic heterocycles. The predicted molar refractivity (Wildman–Crippen MR) is 94.6 cm³/mol. The molecule has 1 aromatic carbocycles. The molecular weight excluding hydrogens is 304 g/mol. The lowest BCUT2D eigenvalue weighted by Crippen LogP contribution is -2.41. The van der Waals surface area contributed by atoms with Crippen LogP contribution in [0.25, 0.3) is 0 Å². The SMILES string of the molecule is CC(CNC(=O)NCC1CCCC(O)C1)COCc1ccccc1. The number of carbonyl (C=O) groups excluding carboxylic acids is 1. The first-order valence-corrected chi connectivity index (χ1v) is 8.95. The minimum absolute atomic E-state index is 0.134. The van der Waals surface area contributed by atoms with Gasteiger partial charge in [-0.2, -0.15) is 0 Å². The van der Waals surface area contributed by atoms with Crippen LogP contribution in [-0.4, -0.2) is 36.9 Å². The minimum atomic E-state index is -0.199. The molecule has 3 atom stereocenters. The number of rotatable bonds is 8.